The number of carbonyl (C=O) groups is 4. The molecule has 1 aromatic rings. The van der Waals surface area contributed by atoms with Gasteiger partial charge in [-0.05, 0) is 31.4 Å². The summed E-state index contributed by atoms with van der Waals surface area (Å²) in [4.78, 5) is 51.8. The Balaban J connectivity index is 1.48. The summed E-state index contributed by atoms with van der Waals surface area (Å²) in [5.74, 6) is -3.37. The zero-order valence-corrected chi connectivity index (χ0v) is 15.0. The fourth-order valence-corrected chi connectivity index (χ4v) is 4.74. The third-order valence-electron chi connectivity index (χ3n) is 6.08. The molecule has 3 atom stereocenters. The number of piperazine rings is 1. The number of rotatable bonds is 2. The summed E-state index contributed by atoms with van der Waals surface area (Å²) in [6.07, 6.45) is 2.15. The van der Waals surface area contributed by atoms with Crippen molar-refractivity contribution in [1.82, 2.24) is 15.5 Å². The van der Waals surface area contributed by atoms with E-state index in [1.165, 1.54) is 12.1 Å². The molecule has 4 aliphatic heterocycles. The monoisotopic (exact) mass is 386 g/mol. The second-order valence-electron chi connectivity index (χ2n) is 7.81. The number of benzene rings is 1. The van der Waals surface area contributed by atoms with Gasteiger partial charge >= 0.3 is 0 Å². The van der Waals surface area contributed by atoms with Crippen LogP contribution in [0.3, 0.4) is 0 Å². The molecule has 8 nitrogen and oxygen atoms in total. The van der Waals surface area contributed by atoms with Gasteiger partial charge in [-0.3, -0.25) is 29.4 Å². The summed E-state index contributed by atoms with van der Waals surface area (Å²) < 4.78 is 15.3. The van der Waals surface area contributed by atoms with Gasteiger partial charge in [0, 0.05) is 31.6 Å². The summed E-state index contributed by atoms with van der Waals surface area (Å²) in [7, 11) is 0. The molecule has 3 unspecified atom stereocenters. The van der Waals surface area contributed by atoms with Gasteiger partial charge in [0.25, 0.3) is 11.8 Å². The van der Waals surface area contributed by atoms with Gasteiger partial charge in [-0.25, -0.2) is 4.39 Å². The summed E-state index contributed by atoms with van der Waals surface area (Å²) in [6.45, 7) is 1.29. The fourth-order valence-electron chi connectivity index (χ4n) is 4.74. The zero-order chi connectivity index (χ0) is 19.6. The molecule has 0 radical (unpaired) electrons. The Morgan fingerprint density at radius 2 is 1.68 bits per heavy atom. The van der Waals surface area contributed by atoms with Gasteiger partial charge in [0.15, 0.2) is 5.82 Å². The number of imide groups is 2. The van der Waals surface area contributed by atoms with Crippen LogP contribution in [0.25, 0.3) is 0 Å². The molecule has 2 bridgehead atoms. The molecule has 146 valence electrons. The first-order valence-corrected chi connectivity index (χ1v) is 9.49. The van der Waals surface area contributed by atoms with Crippen molar-refractivity contribution in [3.63, 3.8) is 0 Å². The van der Waals surface area contributed by atoms with Crippen LogP contribution in [0.15, 0.2) is 12.1 Å². The average Bonchev–Trinajstić information content (AvgIpc) is 3.12. The Kier molecular flexibility index (Phi) is 3.77. The molecule has 3 saturated heterocycles. The summed E-state index contributed by atoms with van der Waals surface area (Å²) in [5, 5.41) is 5.61. The van der Waals surface area contributed by atoms with Crippen molar-refractivity contribution < 1.29 is 23.6 Å². The van der Waals surface area contributed by atoms with Gasteiger partial charge in [-0.1, -0.05) is 0 Å². The average molecular weight is 386 g/mol. The third kappa shape index (κ3) is 2.46. The Bertz CT molecular complexity index is 921. The number of hydrogen-bond donors (Lipinski definition) is 2. The van der Waals surface area contributed by atoms with E-state index >= 15 is 4.39 Å². The van der Waals surface area contributed by atoms with Crippen LogP contribution in [0.1, 0.15) is 46.4 Å². The number of fused-ring (bicyclic) bond motifs is 3. The molecule has 28 heavy (non-hydrogen) atoms. The second kappa shape index (κ2) is 6.10. The van der Waals surface area contributed by atoms with E-state index in [1.54, 1.807) is 0 Å². The van der Waals surface area contributed by atoms with Gasteiger partial charge in [0.2, 0.25) is 11.8 Å². The highest BCUT2D eigenvalue weighted by Crippen LogP contribution is 2.35. The minimum absolute atomic E-state index is 0.0289. The van der Waals surface area contributed by atoms with Crippen LogP contribution in [0.2, 0.25) is 0 Å². The molecule has 9 heteroatoms. The SMILES string of the molecule is O=C1CCC(N2C(=O)c3ccc(N4CC5CCC(C4)N5)c(F)c3C2=O)C(=O)N1. The lowest BCUT2D eigenvalue weighted by molar-refractivity contribution is -0.136. The summed E-state index contributed by atoms with van der Waals surface area (Å²) in [6, 6.07) is 2.50. The normalized spacial score (nSPS) is 29.4. The van der Waals surface area contributed by atoms with E-state index in [2.05, 4.69) is 10.6 Å². The topological polar surface area (TPSA) is 98.8 Å². The van der Waals surface area contributed by atoms with Crippen LogP contribution in [-0.2, 0) is 9.59 Å². The van der Waals surface area contributed by atoms with Crippen LogP contribution >= 0.6 is 0 Å². The highest BCUT2D eigenvalue weighted by Gasteiger charge is 2.47. The number of amides is 4. The first kappa shape index (κ1) is 17.3. The van der Waals surface area contributed by atoms with Gasteiger partial charge < -0.3 is 10.2 Å². The predicted octanol–water partition coefficient (Wildman–Crippen LogP) is 0.168. The van der Waals surface area contributed by atoms with Crippen molar-refractivity contribution in [1.29, 1.82) is 0 Å². The molecule has 0 spiro atoms. The van der Waals surface area contributed by atoms with Crippen molar-refractivity contribution in [2.24, 2.45) is 0 Å². The molecule has 2 N–H and O–H groups in total. The Morgan fingerprint density at radius 1 is 0.964 bits per heavy atom. The van der Waals surface area contributed by atoms with Gasteiger partial charge in [-0.15, -0.1) is 0 Å². The minimum atomic E-state index is -1.09. The van der Waals surface area contributed by atoms with E-state index in [-0.39, 0.29) is 24.0 Å². The van der Waals surface area contributed by atoms with Gasteiger partial charge in [0.05, 0.1) is 16.8 Å². The predicted molar refractivity (Wildman–Crippen MR) is 95.2 cm³/mol. The Morgan fingerprint density at radius 3 is 2.36 bits per heavy atom. The minimum Gasteiger partial charge on any atom is -0.366 e. The second-order valence-corrected chi connectivity index (χ2v) is 7.81. The van der Waals surface area contributed by atoms with Crippen LogP contribution in [0.4, 0.5) is 10.1 Å². The van der Waals surface area contributed by atoms with Crippen molar-refractivity contribution in [3.05, 3.63) is 29.1 Å². The fraction of sp³-hybridized carbons (Fsp3) is 0.474. The molecule has 0 aromatic heterocycles. The van der Waals surface area contributed by atoms with Crippen molar-refractivity contribution in [3.8, 4) is 0 Å². The van der Waals surface area contributed by atoms with Gasteiger partial charge in [-0.2, -0.15) is 0 Å². The van der Waals surface area contributed by atoms with Crippen molar-refractivity contribution >= 4 is 29.3 Å². The van der Waals surface area contributed by atoms with E-state index in [0.717, 1.165) is 17.7 Å². The first-order valence-electron chi connectivity index (χ1n) is 9.49. The van der Waals surface area contributed by atoms with E-state index in [4.69, 9.17) is 0 Å². The number of carbonyl (C=O) groups excluding carboxylic acids is 4. The van der Waals surface area contributed by atoms with E-state index in [9.17, 15) is 19.2 Å². The lowest BCUT2D eigenvalue weighted by atomic mass is 10.0. The Labute approximate surface area is 160 Å². The van der Waals surface area contributed by atoms with Crippen LogP contribution in [-0.4, -0.2) is 59.7 Å². The third-order valence-corrected chi connectivity index (χ3v) is 6.08. The molecule has 0 saturated carbocycles. The molecule has 4 aliphatic rings. The lowest BCUT2D eigenvalue weighted by Gasteiger charge is -2.35. The van der Waals surface area contributed by atoms with Crippen LogP contribution in [0, 0.1) is 5.82 Å². The molecule has 5 rings (SSSR count). The molecule has 4 amide bonds. The number of hydrogen-bond acceptors (Lipinski definition) is 6. The number of nitrogens with one attached hydrogen (secondary N) is 2. The number of anilines is 1. The molecule has 4 heterocycles. The summed E-state index contributed by atoms with van der Waals surface area (Å²) in [5.41, 5.74) is -0.00411. The molecular weight excluding hydrogens is 367 g/mol. The zero-order valence-electron chi connectivity index (χ0n) is 15.0. The summed E-state index contributed by atoms with van der Waals surface area (Å²) >= 11 is 0. The highest BCUT2D eigenvalue weighted by molar-refractivity contribution is 6.24. The smallest absolute Gasteiger partial charge is 0.265 e. The van der Waals surface area contributed by atoms with Crippen molar-refractivity contribution in [2.75, 3.05) is 18.0 Å². The van der Waals surface area contributed by atoms with E-state index < -0.39 is 35.5 Å². The first-order chi connectivity index (χ1) is 13.4. The number of nitrogens with zero attached hydrogens (tertiary/aromatic N) is 2. The maximum Gasteiger partial charge on any atom is 0.265 e. The maximum absolute atomic E-state index is 15.3. The van der Waals surface area contributed by atoms with E-state index in [1.807, 2.05) is 4.90 Å². The van der Waals surface area contributed by atoms with E-state index in [0.29, 0.717) is 30.9 Å². The Hall–Kier alpha value is -2.81. The van der Waals surface area contributed by atoms with Gasteiger partial charge in [0.1, 0.15) is 6.04 Å². The van der Waals surface area contributed by atoms with Crippen LogP contribution < -0.4 is 15.5 Å². The number of halogens is 1. The molecule has 1 aromatic carbocycles. The number of piperidine rings is 1. The largest absolute Gasteiger partial charge is 0.366 e. The maximum atomic E-state index is 15.3. The quantitative estimate of drug-likeness (QED) is 0.703. The molecule has 3 fully saturated rings. The highest BCUT2D eigenvalue weighted by atomic mass is 19.1. The standard InChI is InChI=1S/C19H19FN4O4/c20-16-12(23-7-9-1-2-10(8-23)21-9)4-3-11-15(16)19(28)24(18(11)27)13-5-6-14(25)22-17(13)26/h3-4,9-10,13,21H,1-2,5-8H2,(H,22,25,26). The van der Waals surface area contributed by atoms with Crippen LogP contribution in [0.5, 0.6) is 0 Å². The molecule has 0 aliphatic carbocycles. The lowest BCUT2D eigenvalue weighted by Crippen LogP contribution is -2.54. The molecular formula is C19H19FN4O4. The van der Waals surface area contributed by atoms with Crippen molar-refractivity contribution in [2.45, 2.75) is 43.8 Å².